The zero-order valence-corrected chi connectivity index (χ0v) is 12.2. The number of alkyl carbamates (subject to hydrolysis) is 1. The van der Waals surface area contributed by atoms with Crippen molar-refractivity contribution in [3.8, 4) is 0 Å². The number of rotatable bonds is 8. The first kappa shape index (κ1) is 16.8. The molecule has 1 aromatic rings. The van der Waals surface area contributed by atoms with Crippen LogP contribution >= 0.6 is 0 Å². The molecule has 1 unspecified atom stereocenters. The summed E-state index contributed by atoms with van der Waals surface area (Å²) in [5.74, 6) is -0.462. The van der Waals surface area contributed by atoms with Crippen molar-refractivity contribution < 1.29 is 19.1 Å². The molecule has 5 nitrogen and oxygen atoms in total. The molecule has 1 amide bonds. The Morgan fingerprint density at radius 2 is 2.00 bits per heavy atom. The fourth-order valence-corrected chi connectivity index (χ4v) is 1.66. The van der Waals surface area contributed by atoms with Crippen LogP contribution in [0.2, 0.25) is 0 Å². The summed E-state index contributed by atoms with van der Waals surface area (Å²) in [6.07, 6.45) is 1.88. The molecular weight excluding hydrogens is 270 g/mol. The third kappa shape index (κ3) is 6.61. The van der Waals surface area contributed by atoms with Crippen LogP contribution in [0.4, 0.5) is 4.79 Å². The summed E-state index contributed by atoms with van der Waals surface area (Å²) in [5.41, 5.74) is 0.931. The van der Waals surface area contributed by atoms with Crippen molar-refractivity contribution in [1.82, 2.24) is 5.32 Å². The summed E-state index contributed by atoms with van der Waals surface area (Å²) in [6, 6.07) is 8.64. The maximum absolute atomic E-state index is 12.0. The summed E-state index contributed by atoms with van der Waals surface area (Å²) >= 11 is 0. The standard InChI is InChI=1S/C16H21NO4/c1-3-10-20-15(18)14(17-16(19)21-11-4-2)12-13-8-6-5-7-9-13/h4-9,14H,2-3,10-12H2,1H3,(H,17,19). The summed E-state index contributed by atoms with van der Waals surface area (Å²) in [4.78, 5) is 23.6. The van der Waals surface area contributed by atoms with Crippen LogP contribution in [0.1, 0.15) is 18.9 Å². The molecule has 1 aromatic carbocycles. The van der Waals surface area contributed by atoms with Gasteiger partial charge in [0.1, 0.15) is 12.6 Å². The molecule has 0 aliphatic rings. The van der Waals surface area contributed by atoms with Crippen LogP contribution in [-0.2, 0) is 20.7 Å². The number of nitrogens with one attached hydrogen (secondary N) is 1. The minimum atomic E-state index is -0.767. The molecule has 0 aliphatic carbocycles. The SMILES string of the molecule is C=CCOC(=O)NC(Cc1ccccc1)C(=O)OCCC. The summed E-state index contributed by atoms with van der Waals surface area (Å²) < 4.78 is 9.94. The highest BCUT2D eigenvalue weighted by atomic mass is 16.6. The van der Waals surface area contributed by atoms with Gasteiger partial charge in [-0.3, -0.25) is 0 Å². The molecule has 0 saturated carbocycles. The van der Waals surface area contributed by atoms with E-state index >= 15 is 0 Å². The lowest BCUT2D eigenvalue weighted by Crippen LogP contribution is -2.43. The van der Waals surface area contributed by atoms with E-state index in [2.05, 4.69) is 11.9 Å². The molecule has 0 heterocycles. The third-order valence-electron chi connectivity index (χ3n) is 2.64. The molecule has 114 valence electrons. The van der Waals surface area contributed by atoms with Gasteiger partial charge in [-0.15, -0.1) is 0 Å². The van der Waals surface area contributed by atoms with Gasteiger partial charge < -0.3 is 14.8 Å². The van der Waals surface area contributed by atoms with E-state index in [0.29, 0.717) is 13.0 Å². The molecule has 0 aliphatic heterocycles. The number of esters is 1. The number of carbonyl (C=O) groups is 2. The van der Waals surface area contributed by atoms with Gasteiger partial charge in [-0.05, 0) is 12.0 Å². The number of carbonyl (C=O) groups excluding carboxylic acids is 2. The van der Waals surface area contributed by atoms with E-state index in [0.717, 1.165) is 12.0 Å². The lowest BCUT2D eigenvalue weighted by atomic mass is 10.1. The van der Waals surface area contributed by atoms with Crippen LogP contribution < -0.4 is 5.32 Å². The Morgan fingerprint density at radius 3 is 2.62 bits per heavy atom. The molecule has 0 aromatic heterocycles. The largest absolute Gasteiger partial charge is 0.464 e. The van der Waals surface area contributed by atoms with Crippen molar-refractivity contribution in [3.05, 3.63) is 48.6 Å². The van der Waals surface area contributed by atoms with E-state index in [1.807, 2.05) is 37.3 Å². The van der Waals surface area contributed by atoms with Crippen LogP contribution in [0.5, 0.6) is 0 Å². The van der Waals surface area contributed by atoms with Crippen LogP contribution in [0, 0.1) is 0 Å². The first-order valence-corrected chi connectivity index (χ1v) is 6.92. The van der Waals surface area contributed by atoms with Crippen LogP contribution in [-0.4, -0.2) is 31.3 Å². The Balaban J connectivity index is 2.67. The summed E-state index contributed by atoms with van der Waals surface area (Å²) in [5, 5.41) is 2.53. The lowest BCUT2D eigenvalue weighted by molar-refractivity contribution is -0.146. The van der Waals surface area contributed by atoms with E-state index < -0.39 is 18.1 Å². The smallest absolute Gasteiger partial charge is 0.408 e. The molecule has 1 N–H and O–H groups in total. The van der Waals surface area contributed by atoms with Gasteiger partial charge in [0.2, 0.25) is 0 Å². The van der Waals surface area contributed by atoms with E-state index in [-0.39, 0.29) is 6.61 Å². The number of amides is 1. The molecule has 0 spiro atoms. The van der Waals surface area contributed by atoms with Crippen molar-refractivity contribution in [2.75, 3.05) is 13.2 Å². The van der Waals surface area contributed by atoms with E-state index in [1.165, 1.54) is 6.08 Å². The molecule has 1 rings (SSSR count). The highest BCUT2D eigenvalue weighted by molar-refractivity contribution is 5.81. The Morgan fingerprint density at radius 1 is 1.29 bits per heavy atom. The fourth-order valence-electron chi connectivity index (χ4n) is 1.66. The average molecular weight is 291 g/mol. The Hall–Kier alpha value is -2.30. The number of hydrogen-bond donors (Lipinski definition) is 1. The quantitative estimate of drug-likeness (QED) is 0.590. The number of hydrogen-bond acceptors (Lipinski definition) is 4. The second-order valence-electron chi connectivity index (χ2n) is 4.44. The topological polar surface area (TPSA) is 64.6 Å². The monoisotopic (exact) mass is 291 g/mol. The summed E-state index contributed by atoms with van der Waals surface area (Å²) in [6.45, 7) is 5.78. The van der Waals surface area contributed by atoms with Crippen LogP contribution in [0.25, 0.3) is 0 Å². The Kier molecular flexibility index (Phi) is 7.64. The molecule has 1 atom stereocenters. The van der Waals surface area contributed by atoms with Crippen molar-refractivity contribution in [1.29, 1.82) is 0 Å². The van der Waals surface area contributed by atoms with Gasteiger partial charge in [-0.2, -0.15) is 0 Å². The predicted octanol–water partition coefficient (Wildman–Crippen LogP) is 2.46. The fraction of sp³-hybridized carbons (Fsp3) is 0.375. The molecule has 5 heteroatoms. The van der Waals surface area contributed by atoms with Gasteiger partial charge in [0.15, 0.2) is 0 Å². The van der Waals surface area contributed by atoms with Crippen molar-refractivity contribution >= 4 is 12.1 Å². The molecule has 21 heavy (non-hydrogen) atoms. The van der Waals surface area contributed by atoms with Gasteiger partial charge >= 0.3 is 12.1 Å². The Bertz CT molecular complexity index is 459. The molecule has 0 radical (unpaired) electrons. The second-order valence-corrected chi connectivity index (χ2v) is 4.44. The van der Waals surface area contributed by atoms with E-state index in [1.54, 1.807) is 0 Å². The van der Waals surface area contributed by atoms with Crippen LogP contribution in [0.15, 0.2) is 43.0 Å². The van der Waals surface area contributed by atoms with Gasteiger partial charge in [-0.1, -0.05) is 49.9 Å². The predicted molar refractivity (Wildman–Crippen MR) is 79.9 cm³/mol. The highest BCUT2D eigenvalue weighted by Gasteiger charge is 2.23. The van der Waals surface area contributed by atoms with Crippen molar-refractivity contribution in [2.45, 2.75) is 25.8 Å². The Labute approximate surface area is 124 Å². The average Bonchev–Trinajstić information content (AvgIpc) is 2.51. The number of ether oxygens (including phenoxy) is 2. The van der Waals surface area contributed by atoms with E-state index in [4.69, 9.17) is 9.47 Å². The zero-order valence-electron chi connectivity index (χ0n) is 12.2. The van der Waals surface area contributed by atoms with E-state index in [9.17, 15) is 9.59 Å². The minimum Gasteiger partial charge on any atom is -0.464 e. The van der Waals surface area contributed by atoms with Gasteiger partial charge in [0, 0.05) is 6.42 Å². The maximum Gasteiger partial charge on any atom is 0.408 e. The summed E-state index contributed by atoms with van der Waals surface area (Å²) in [7, 11) is 0. The third-order valence-corrected chi connectivity index (χ3v) is 2.64. The van der Waals surface area contributed by atoms with Crippen molar-refractivity contribution in [2.24, 2.45) is 0 Å². The highest BCUT2D eigenvalue weighted by Crippen LogP contribution is 2.05. The zero-order chi connectivity index (χ0) is 15.5. The van der Waals surface area contributed by atoms with Crippen molar-refractivity contribution in [3.63, 3.8) is 0 Å². The molecule has 0 saturated heterocycles. The minimum absolute atomic E-state index is 0.0912. The normalized spacial score (nSPS) is 11.3. The van der Waals surface area contributed by atoms with Crippen LogP contribution in [0.3, 0.4) is 0 Å². The molecular formula is C16H21NO4. The first-order chi connectivity index (χ1) is 10.2. The number of benzene rings is 1. The molecule has 0 fully saturated rings. The molecule has 0 bridgehead atoms. The lowest BCUT2D eigenvalue weighted by Gasteiger charge is -2.17. The first-order valence-electron chi connectivity index (χ1n) is 6.92. The second kappa shape index (κ2) is 9.58. The van der Waals surface area contributed by atoms with Gasteiger partial charge in [-0.25, -0.2) is 9.59 Å². The van der Waals surface area contributed by atoms with Gasteiger partial charge in [0.05, 0.1) is 6.61 Å². The van der Waals surface area contributed by atoms with Gasteiger partial charge in [0.25, 0.3) is 0 Å². The maximum atomic E-state index is 12.0.